The third kappa shape index (κ3) is 3.14. The molecule has 0 bridgehead atoms. The van der Waals surface area contributed by atoms with Gasteiger partial charge in [0.2, 0.25) is 0 Å². The number of benzene rings is 1. The van der Waals surface area contributed by atoms with E-state index in [1.165, 1.54) is 0 Å². The minimum atomic E-state index is -0.0719. The van der Waals surface area contributed by atoms with Gasteiger partial charge in [0.05, 0.1) is 5.69 Å². The van der Waals surface area contributed by atoms with Gasteiger partial charge >= 0.3 is 6.03 Å². The summed E-state index contributed by atoms with van der Waals surface area (Å²) in [5.41, 5.74) is 4.02. The van der Waals surface area contributed by atoms with Crippen molar-refractivity contribution < 1.29 is 4.79 Å². The predicted octanol–water partition coefficient (Wildman–Crippen LogP) is 3.11. The zero-order chi connectivity index (χ0) is 15.4. The van der Waals surface area contributed by atoms with Gasteiger partial charge in [0, 0.05) is 25.0 Å². The Kier molecular flexibility index (Phi) is 4.14. The Hall–Kier alpha value is -2.69. The minimum absolute atomic E-state index is 0.0719. The maximum absolute atomic E-state index is 12.2. The van der Waals surface area contributed by atoms with Gasteiger partial charge in [-0.25, -0.2) is 4.79 Å². The van der Waals surface area contributed by atoms with Gasteiger partial charge in [0.15, 0.2) is 0 Å². The molecule has 5 heteroatoms. The quantitative estimate of drug-likeness (QED) is 0.926. The molecular formula is C17H18N4O. The van der Waals surface area contributed by atoms with Crippen LogP contribution in [-0.2, 0) is 0 Å². The highest BCUT2D eigenvalue weighted by atomic mass is 16.2. The van der Waals surface area contributed by atoms with Crippen LogP contribution in [0.15, 0.2) is 48.7 Å². The topological polar surface area (TPSA) is 58.1 Å². The first kappa shape index (κ1) is 14.3. The minimum Gasteiger partial charge on any atom is -0.320 e. The summed E-state index contributed by atoms with van der Waals surface area (Å²) in [6.45, 7) is 3.30. The number of hydrogen-bond acceptors (Lipinski definition) is 3. The average molecular weight is 294 g/mol. The van der Waals surface area contributed by atoms with Gasteiger partial charge < -0.3 is 10.2 Å². The number of urea groups is 1. The van der Waals surface area contributed by atoms with Crippen molar-refractivity contribution in [3.63, 3.8) is 0 Å². The van der Waals surface area contributed by atoms with Crippen molar-refractivity contribution in [1.82, 2.24) is 15.1 Å². The molecule has 0 saturated carbocycles. The summed E-state index contributed by atoms with van der Waals surface area (Å²) < 4.78 is 0. The Bertz CT molecular complexity index is 697. The fraction of sp³-hybridized carbons (Fsp3) is 0.235. The Balaban J connectivity index is 1.66. The zero-order valence-corrected chi connectivity index (χ0v) is 12.5. The SMILES string of the molecule is Cc1ccnnc1C1=CCN(C(=O)Nc2ccccc2)CC1. The molecule has 1 aliphatic heterocycles. The van der Waals surface area contributed by atoms with Gasteiger partial charge in [-0.3, -0.25) is 0 Å². The third-order valence-electron chi connectivity index (χ3n) is 3.75. The largest absolute Gasteiger partial charge is 0.322 e. The lowest BCUT2D eigenvalue weighted by molar-refractivity contribution is 0.217. The summed E-state index contributed by atoms with van der Waals surface area (Å²) in [7, 11) is 0. The molecule has 1 aromatic carbocycles. The van der Waals surface area contributed by atoms with Crippen LogP contribution in [0.5, 0.6) is 0 Å². The van der Waals surface area contributed by atoms with E-state index in [1.807, 2.05) is 43.3 Å². The molecule has 0 saturated heterocycles. The summed E-state index contributed by atoms with van der Waals surface area (Å²) in [5, 5.41) is 11.1. The van der Waals surface area contributed by atoms with Gasteiger partial charge in [-0.1, -0.05) is 24.3 Å². The van der Waals surface area contributed by atoms with Gasteiger partial charge in [0.1, 0.15) is 0 Å². The molecule has 0 spiro atoms. The van der Waals surface area contributed by atoms with Crippen molar-refractivity contribution >= 4 is 17.3 Å². The van der Waals surface area contributed by atoms with E-state index >= 15 is 0 Å². The molecule has 1 aliphatic rings. The van der Waals surface area contributed by atoms with E-state index in [-0.39, 0.29) is 6.03 Å². The Morgan fingerprint density at radius 3 is 2.73 bits per heavy atom. The highest BCUT2D eigenvalue weighted by molar-refractivity contribution is 5.90. The number of rotatable bonds is 2. The van der Waals surface area contributed by atoms with Crippen LogP contribution in [0.25, 0.3) is 5.57 Å². The molecule has 2 amide bonds. The molecule has 0 atom stereocenters. The zero-order valence-electron chi connectivity index (χ0n) is 12.5. The highest BCUT2D eigenvalue weighted by Gasteiger charge is 2.19. The second-order valence-corrected chi connectivity index (χ2v) is 5.28. The number of carbonyl (C=O) groups excluding carboxylic acids is 1. The monoisotopic (exact) mass is 294 g/mol. The smallest absolute Gasteiger partial charge is 0.320 e. The lowest BCUT2D eigenvalue weighted by Gasteiger charge is -2.26. The molecule has 2 heterocycles. The molecule has 3 rings (SSSR count). The van der Waals surface area contributed by atoms with Crippen LogP contribution in [0.4, 0.5) is 10.5 Å². The lowest BCUT2D eigenvalue weighted by Crippen LogP contribution is -2.38. The average Bonchev–Trinajstić information content (AvgIpc) is 2.56. The van der Waals surface area contributed by atoms with Crippen molar-refractivity contribution in [3.05, 3.63) is 59.9 Å². The van der Waals surface area contributed by atoms with E-state index in [2.05, 4.69) is 21.6 Å². The Morgan fingerprint density at radius 2 is 2.05 bits per heavy atom. The molecule has 112 valence electrons. The van der Waals surface area contributed by atoms with Crippen molar-refractivity contribution in [3.8, 4) is 0 Å². The van der Waals surface area contributed by atoms with Gasteiger partial charge in [-0.2, -0.15) is 10.2 Å². The van der Waals surface area contributed by atoms with Crippen LogP contribution in [-0.4, -0.2) is 34.2 Å². The summed E-state index contributed by atoms with van der Waals surface area (Å²) in [4.78, 5) is 14.0. The second-order valence-electron chi connectivity index (χ2n) is 5.28. The molecule has 1 N–H and O–H groups in total. The van der Waals surface area contributed by atoms with E-state index in [9.17, 15) is 4.79 Å². The standard InChI is InChI=1S/C17H18N4O/c1-13-7-10-18-20-16(13)14-8-11-21(12-9-14)17(22)19-15-5-3-2-4-6-15/h2-8,10H,9,11-12H2,1H3,(H,19,22). The van der Waals surface area contributed by atoms with Crippen molar-refractivity contribution in [1.29, 1.82) is 0 Å². The summed E-state index contributed by atoms with van der Waals surface area (Å²) in [5.74, 6) is 0. The molecular weight excluding hydrogens is 276 g/mol. The van der Waals surface area contributed by atoms with Crippen molar-refractivity contribution in [2.75, 3.05) is 18.4 Å². The highest BCUT2D eigenvalue weighted by Crippen LogP contribution is 2.23. The van der Waals surface area contributed by atoms with Crippen molar-refractivity contribution in [2.24, 2.45) is 0 Å². The summed E-state index contributed by atoms with van der Waals surface area (Å²) in [6.07, 6.45) is 4.55. The maximum atomic E-state index is 12.2. The van der Waals surface area contributed by atoms with E-state index < -0.39 is 0 Å². The van der Waals surface area contributed by atoms with E-state index in [1.54, 1.807) is 11.1 Å². The number of para-hydroxylation sites is 1. The number of aryl methyl sites for hydroxylation is 1. The van der Waals surface area contributed by atoms with Crippen LogP contribution >= 0.6 is 0 Å². The molecule has 5 nitrogen and oxygen atoms in total. The van der Waals surface area contributed by atoms with Gasteiger partial charge in [-0.05, 0) is 42.7 Å². The van der Waals surface area contributed by atoms with Crippen LogP contribution < -0.4 is 5.32 Å². The summed E-state index contributed by atoms with van der Waals surface area (Å²) >= 11 is 0. The van der Waals surface area contributed by atoms with Crippen LogP contribution in [0.3, 0.4) is 0 Å². The molecule has 22 heavy (non-hydrogen) atoms. The Labute approximate surface area is 129 Å². The van der Waals surface area contributed by atoms with E-state index in [0.717, 1.165) is 28.9 Å². The van der Waals surface area contributed by atoms with Crippen molar-refractivity contribution in [2.45, 2.75) is 13.3 Å². The number of anilines is 1. The molecule has 0 unspecified atom stereocenters. The lowest BCUT2D eigenvalue weighted by atomic mass is 10.0. The number of nitrogens with one attached hydrogen (secondary N) is 1. The van der Waals surface area contributed by atoms with E-state index in [0.29, 0.717) is 13.1 Å². The first-order valence-corrected chi connectivity index (χ1v) is 7.33. The van der Waals surface area contributed by atoms with Crippen LogP contribution in [0.2, 0.25) is 0 Å². The van der Waals surface area contributed by atoms with Crippen LogP contribution in [0.1, 0.15) is 17.7 Å². The molecule has 0 aliphatic carbocycles. The second kappa shape index (κ2) is 6.39. The first-order valence-electron chi connectivity index (χ1n) is 7.33. The Morgan fingerprint density at radius 1 is 1.23 bits per heavy atom. The maximum Gasteiger partial charge on any atom is 0.322 e. The fourth-order valence-electron chi connectivity index (χ4n) is 2.50. The third-order valence-corrected chi connectivity index (χ3v) is 3.75. The van der Waals surface area contributed by atoms with Crippen LogP contribution in [0, 0.1) is 6.92 Å². The molecule has 2 aromatic rings. The van der Waals surface area contributed by atoms with Gasteiger partial charge in [0.25, 0.3) is 0 Å². The number of carbonyl (C=O) groups is 1. The normalized spacial score (nSPS) is 14.4. The van der Waals surface area contributed by atoms with Gasteiger partial charge in [-0.15, -0.1) is 0 Å². The molecule has 0 radical (unpaired) electrons. The molecule has 1 aromatic heterocycles. The number of aromatic nitrogens is 2. The first-order chi connectivity index (χ1) is 10.7. The summed E-state index contributed by atoms with van der Waals surface area (Å²) in [6, 6.07) is 11.4. The number of hydrogen-bond donors (Lipinski definition) is 1. The molecule has 0 fully saturated rings. The fourth-order valence-corrected chi connectivity index (χ4v) is 2.50. The van der Waals surface area contributed by atoms with E-state index in [4.69, 9.17) is 0 Å². The number of amides is 2. The number of nitrogens with zero attached hydrogens (tertiary/aromatic N) is 3. The predicted molar refractivity (Wildman–Crippen MR) is 86.4 cm³/mol.